The number of amides is 1. The van der Waals surface area contributed by atoms with Gasteiger partial charge in [-0.25, -0.2) is 0 Å². The lowest BCUT2D eigenvalue weighted by Gasteiger charge is -2.16. The molecule has 0 spiro atoms. The van der Waals surface area contributed by atoms with Gasteiger partial charge in [-0.15, -0.1) is 0 Å². The molecule has 2 unspecified atom stereocenters. The zero-order valence-electron chi connectivity index (χ0n) is 10.9. The number of carbonyl (C=O) groups is 1. The van der Waals surface area contributed by atoms with Crippen molar-refractivity contribution in [3.8, 4) is 0 Å². The molecule has 2 atom stereocenters. The molecule has 0 fully saturated rings. The van der Waals surface area contributed by atoms with E-state index in [9.17, 15) is 4.79 Å². The maximum atomic E-state index is 11.7. The normalized spacial score (nSPS) is 14.1. The van der Waals surface area contributed by atoms with Crippen molar-refractivity contribution < 1.29 is 4.79 Å². The smallest absolute Gasteiger partial charge is 0.220 e. The molecule has 0 aliphatic carbocycles. The first-order valence-corrected chi connectivity index (χ1v) is 6.09. The lowest BCUT2D eigenvalue weighted by molar-refractivity contribution is -0.122. The van der Waals surface area contributed by atoms with E-state index in [1.165, 1.54) is 5.56 Å². The number of rotatable bonds is 5. The van der Waals surface area contributed by atoms with Crippen LogP contribution in [0, 0.1) is 12.8 Å². The fourth-order valence-corrected chi connectivity index (χ4v) is 1.64. The third-order valence-electron chi connectivity index (χ3n) is 2.89. The second-order valence-electron chi connectivity index (χ2n) is 4.74. The number of benzene rings is 1. The molecule has 1 aromatic rings. The van der Waals surface area contributed by atoms with Crippen LogP contribution in [0.3, 0.4) is 0 Å². The molecule has 0 aliphatic rings. The van der Waals surface area contributed by atoms with Crippen LogP contribution >= 0.6 is 0 Å². The van der Waals surface area contributed by atoms with E-state index in [1.807, 2.05) is 26.0 Å². The minimum Gasteiger partial charge on any atom is -0.350 e. The van der Waals surface area contributed by atoms with Crippen LogP contribution < -0.4 is 11.1 Å². The maximum absolute atomic E-state index is 11.7. The standard InChI is InChI=1S/C14H22N2O/c1-10-4-6-13(7-5-10)12(3)16-14(17)8-11(2)9-15/h4-7,11-12H,8-9,15H2,1-3H3,(H,16,17). The highest BCUT2D eigenvalue weighted by atomic mass is 16.1. The molecule has 3 heteroatoms. The van der Waals surface area contributed by atoms with Crippen molar-refractivity contribution in [3.05, 3.63) is 35.4 Å². The van der Waals surface area contributed by atoms with Gasteiger partial charge in [-0.3, -0.25) is 4.79 Å². The summed E-state index contributed by atoms with van der Waals surface area (Å²) in [5.41, 5.74) is 7.85. The van der Waals surface area contributed by atoms with E-state index in [-0.39, 0.29) is 17.9 Å². The van der Waals surface area contributed by atoms with E-state index in [1.54, 1.807) is 0 Å². The summed E-state index contributed by atoms with van der Waals surface area (Å²) in [6.07, 6.45) is 0.493. The summed E-state index contributed by atoms with van der Waals surface area (Å²) in [6.45, 7) is 6.58. The largest absolute Gasteiger partial charge is 0.350 e. The highest BCUT2D eigenvalue weighted by molar-refractivity contribution is 5.76. The summed E-state index contributed by atoms with van der Waals surface area (Å²) < 4.78 is 0. The SMILES string of the molecule is Cc1ccc(C(C)NC(=O)CC(C)CN)cc1. The Morgan fingerprint density at radius 2 is 1.88 bits per heavy atom. The highest BCUT2D eigenvalue weighted by Crippen LogP contribution is 2.13. The zero-order chi connectivity index (χ0) is 12.8. The maximum Gasteiger partial charge on any atom is 0.220 e. The van der Waals surface area contributed by atoms with Crippen molar-refractivity contribution >= 4 is 5.91 Å². The Kier molecular flexibility index (Phi) is 5.16. The van der Waals surface area contributed by atoms with Crippen LogP contribution in [0.1, 0.15) is 37.4 Å². The molecule has 1 rings (SSSR count). The second-order valence-corrected chi connectivity index (χ2v) is 4.74. The molecule has 0 radical (unpaired) electrons. The molecule has 3 nitrogen and oxygen atoms in total. The molecular formula is C14H22N2O. The Morgan fingerprint density at radius 3 is 2.41 bits per heavy atom. The second kappa shape index (κ2) is 6.40. The lowest BCUT2D eigenvalue weighted by Crippen LogP contribution is -2.29. The average Bonchev–Trinajstić information content (AvgIpc) is 2.29. The van der Waals surface area contributed by atoms with Crippen LogP contribution in [0.5, 0.6) is 0 Å². The van der Waals surface area contributed by atoms with Crippen LogP contribution in [0.2, 0.25) is 0 Å². The first kappa shape index (κ1) is 13.7. The van der Waals surface area contributed by atoms with Crippen LogP contribution in [0.4, 0.5) is 0 Å². The topological polar surface area (TPSA) is 55.1 Å². The number of hydrogen-bond acceptors (Lipinski definition) is 2. The van der Waals surface area contributed by atoms with E-state index in [0.29, 0.717) is 13.0 Å². The number of nitrogens with one attached hydrogen (secondary N) is 1. The fraction of sp³-hybridized carbons (Fsp3) is 0.500. The van der Waals surface area contributed by atoms with Crippen molar-refractivity contribution in [3.63, 3.8) is 0 Å². The first-order valence-electron chi connectivity index (χ1n) is 6.09. The van der Waals surface area contributed by atoms with Gasteiger partial charge >= 0.3 is 0 Å². The summed E-state index contributed by atoms with van der Waals surface area (Å²) in [5, 5.41) is 2.99. The van der Waals surface area contributed by atoms with Gasteiger partial charge in [0, 0.05) is 6.42 Å². The molecule has 1 aromatic carbocycles. The van der Waals surface area contributed by atoms with Gasteiger partial charge in [0.25, 0.3) is 0 Å². The van der Waals surface area contributed by atoms with Gasteiger partial charge in [-0.05, 0) is 31.9 Å². The van der Waals surface area contributed by atoms with Crippen LogP contribution in [0.25, 0.3) is 0 Å². The first-order chi connectivity index (χ1) is 8.02. The van der Waals surface area contributed by atoms with E-state index < -0.39 is 0 Å². The Morgan fingerprint density at radius 1 is 1.29 bits per heavy atom. The minimum absolute atomic E-state index is 0.0491. The van der Waals surface area contributed by atoms with Crippen molar-refractivity contribution in [2.75, 3.05) is 6.54 Å². The molecule has 94 valence electrons. The number of carbonyl (C=O) groups excluding carboxylic acids is 1. The number of hydrogen-bond donors (Lipinski definition) is 2. The summed E-state index contributed by atoms with van der Waals surface area (Å²) in [5.74, 6) is 0.302. The fourth-order valence-electron chi connectivity index (χ4n) is 1.64. The van der Waals surface area contributed by atoms with E-state index >= 15 is 0 Å². The molecule has 3 N–H and O–H groups in total. The zero-order valence-corrected chi connectivity index (χ0v) is 10.9. The van der Waals surface area contributed by atoms with Crippen molar-refractivity contribution in [2.24, 2.45) is 11.7 Å². The van der Waals surface area contributed by atoms with E-state index in [4.69, 9.17) is 5.73 Å². The molecule has 0 saturated carbocycles. The summed E-state index contributed by atoms with van der Waals surface area (Å²) in [4.78, 5) is 11.7. The predicted molar refractivity (Wildman–Crippen MR) is 70.6 cm³/mol. The Balaban J connectivity index is 2.51. The molecule has 0 aromatic heterocycles. The summed E-state index contributed by atoms with van der Waals surface area (Å²) >= 11 is 0. The van der Waals surface area contributed by atoms with Gasteiger partial charge in [0.1, 0.15) is 0 Å². The monoisotopic (exact) mass is 234 g/mol. The molecule has 0 saturated heterocycles. The van der Waals surface area contributed by atoms with Crippen LogP contribution in [-0.2, 0) is 4.79 Å². The Bertz CT molecular complexity index is 359. The van der Waals surface area contributed by atoms with Gasteiger partial charge in [0.05, 0.1) is 6.04 Å². The van der Waals surface area contributed by atoms with Gasteiger partial charge in [0.2, 0.25) is 5.91 Å². The van der Waals surface area contributed by atoms with Gasteiger partial charge in [-0.1, -0.05) is 36.8 Å². The number of aryl methyl sites for hydroxylation is 1. The number of nitrogens with two attached hydrogens (primary N) is 1. The molecule has 17 heavy (non-hydrogen) atoms. The van der Waals surface area contributed by atoms with Gasteiger partial charge in [-0.2, -0.15) is 0 Å². The minimum atomic E-state index is 0.0491. The van der Waals surface area contributed by atoms with E-state index in [0.717, 1.165) is 5.56 Å². The van der Waals surface area contributed by atoms with Crippen LogP contribution in [-0.4, -0.2) is 12.5 Å². The summed E-state index contributed by atoms with van der Waals surface area (Å²) in [6, 6.07) is 8.26. The Hall–Kier alpha value is -1.35. The molecule has 0 bridgehead atoms. The quantitative estimate of drug-likeness (QED) is 0.820. The van der Waals surface area contributed by atoms with E-state index in [2.05, 4.69) is 24.4 Å². The molecule has 0 heterocycles. The van der Waals surface area contributed by atoms with Crippen molar-refractivity contribution in [1.82, 2.24) is 5.32 Å². The van der Waals surface area contributed by atoms with Crippen molar-refractivity contribution in [2.45, 2.75) is 33.2 Å². The van der Waals surface area contributed by atoms with Gasteiger partial charge in [0.15, 0.2) is 0 Å². The lowest BCUT2D eigenvalue weighted by atomic mass is 10.0. The Labute approximate surface area is 103 Å². The van der Waals surface area contributed by atoms with Gasteiger partial charge < -0.3 is 11.1 Å². The molecule has 0 aliphatic heterocycles. The third-order valence-corrected chi connectivity index (χ3v) is 2.89. The molecule has 1 amide bonds. The average molecular weight is 234 g/mol. The molecular weight excluding hydrogens is 212 g/mol. The third kappa shape index (κ3) is 4.57. The predicted octanol–water partition coefficient (Wildman–Crippen LogP) is 2.16. The highest BCUT2D eigenvalue weighted by Gasteiger charge is 2.11. The van der Waals surface area contributed by atoms with Crippen LogP contribution in [0.15, 0.2) is 24.3 Å². The summed E-state index contributed by atoms with van der Waals surface area (Å²) in [7, 11) is 0. The van der Waals surface area contributed by atoms with Crippen molar-refractivity contribution in [1.29, 1.82) is 0 Å².